The van der Waals surface area contributed by atoms with Gasteiger partial charge in [-0.1, -0.05) is 11.6 Å². The van der Waals surface area contributed by atoms with Crippen molar-refractivity contribution in [2.75, 3.05) is 0 Å². The van der Waals surface area contributed by atoms with Gasteiger partial charge in [0.1, 0.15) is 5.15 Å². The van der Waals surface area contributed by atoms with E-state index in [2.05, 4.69) is 4.98 Å². The molecule has 48 valence electrons. The van der Waals surface area contributed by atoms with E-state index >= 15 is 0 Å². The SMILES string of the molecule is Oc1nc(Cl)ccc1F. The van der Waals surface area contributed by atoms with Crippen molar-refractivity contribution in [3.63, 3.8) is 0 Å². The van der Waals surface area contributed by atoms with Gasteiger partial charge < -0.3 is 5.11 Å². The van der Waals surface area contributed by atoms with Gasteiger partial charge in [0, 0.05) is 0 Å². The van der Waals surface area contributed by atoms with Crippen LogP contribution in [0, 0.1) is 5.82 Å². The van der Waals surface area contributed by atoms with E-state index in [1.807, 2.05) is 0 Å². The van der Waals surface area contributed by atoms with E-state index in [4.69, 9.17) is 16.7 Å². The monoisotopic (exact) mass is 147 g/mol. The minimum atomic E-state index is -0.764. The molecule has 2 nitrogen and oxygen atoms in total. The lowest BCUT2D eigenvalue weighted by atomic mass is 10.5. The number of hydrogen-bond acceptors (Lipinski definition) is 2. The molecule has 1 N–H and O–H groups in total. The third kappa shape index (κ3) is 1.29. The molecule has 0 saturated heterocycles. The van der Waals surface area contributed by atoms with Crippen molar-refractivity contribution in [1.82, 2.24) is 4.98 Å². The molecule has 0 saturated carbocycles. The van der Waals surface area contributed by atoms with Crippen molar-refractivity contribution in [3.05, 3.63) is 23.1 Å². The first-order valence-electron chi connectivity index (χ1n) is 2.21. The Morgan fingerprint density at radius 3 is 2.67 bits per heavy atom. The number of nitrogens with zero attached hydrogens (tertiary/aromatic N) is 1. The summed E-state index contributed by atoms with van der Waals surface area (Å²) in [7, 11) is 0. The molecular weight excluding hydrogens is 145 g/mol. The highest BCUT2D eigenvalue weighted by atomic mass is 35.5. The summed E-state index contributed by atoms with van der Waals surface area (Å²) in [5.74, 6) is -1.43. The van der Waals surface area contributed by atoms with E-state index in [1.165, 1.54) is 6.07 Å². The van der Waals surface area contributed by atoms with E-state index in [0.29, 0.717) is 0 Å². The first-order valence-corrected chi connectivity index (χ1v) is 2.59. The molecular formula is C5H3ClFNO. The molecule has 0 bridgehead atoms. The van der Waals surface area contributed by atoms with Crippen molar-refractivity contribution in [2.24, 2.45) is 0 Å². The molecule has 0 amide bonds. The average Bonchev–Trinajstić information content (AvgIpc) is 1.80. The summed E-state index contributed by atoms with van der Waals surface area (Å²) < 4.78 is 12.1. The van der Waals surface area contributed by atoms with E-state index in [-0.39, 0.29) is 5.15 Å². The number of pyridine rings is 1. The van der Waals surface area contributed by atoms with E-state index in [1.54, 1.807) is 0 Å². The van der Waals surface area contributed by atoms with E-state index < -0.39 is 11.7 Å². The summed E-state index contributed by atoms with van der Waals surface area (Å²) in [5.41, 5.74) is 0. The molecule has 0 aliphatic carbocycles. The zero-order valence-corrected chi connectivity index (χ0v) is 5.06. The van der Waals surface area contributed by atoms with Crippen LogP contribution in [0.3, 0.4) is 0 Å². The van der Waals surface area contributed by atoms with Crippen LogP contribution in [0.4, 0.5) is 4.39 Å². The van der Waals surface area contributed by atoms with Gasteiger partial charge in [-0.2, -0.15) is 4.98 Å². The Bertz CT molecular complexity index is 228. The summed E-state index contributed by atoms with van der Waals surface area (Å²) in [4.78, 5) is 3.22. The Morgan fingerprint density at radius 2 is 2.22 bits per heavy atom. The van der Waals surface area contributed by atoms with Crippen molar-refractivity contribution in [2.45, 2.75) is 0 Å². The zero-order valence-electron chi connectivity index (χ0n) is 4.31. The topological polar surface area (TPSA) is 33.1 Å². The van der Waals surface area contributed by atoms with Gasteiger partial charge in [-0.3, -0.25) is 0 Å². The van der Waals surface area contributed by atoms with Crippen LogP contribution < -0.4 is 0 Å². The Labute approximate surface area is 55.9 Å². The fourth-order valence-corrected chi connectivity index (χ4v) is 0.551. The second-order valence-corrected chi connectivity index (χ2v) is 1.83. The van der Waals surface area contributed by atoms with E-state index in [0.717, 1.165) is 6.07 Å². The molecule has 9 heavy (non-hydrogen) atoms. The number of rotatable bonds is 0. The fraction of sp³-hybridized carbons (Fsp3) is 0. The average molecular weight is 148 g/mol. The number of aromatic hydroxyl groups is 1. The fourth-order valence-electron chi connectivity index (χ4n) is 0.408. The lowest BCUT2D eigenvalue weighted by Crippen LogP contribution is -1.79. The summed E-state index contributed by atoms with van der Waals surface area (Å²) in [6.07, 6.45) is 0. The number of halogens is 2. The largest absolute Gasteiger partial charge is 0.491 e. The van der Waals surface area contributed by atoms with Gasteiger partial charge in [0.15, 0.2) is 5.82 Å². The Morgan fingerprint density at radius 1 is 1.56 bits per heavy atom. The third-order valence-electron chi connectivity index (χ3n) is 0.794. The summed E-state index contributed by atoms with van der Waals surface area (Å²) in [6.45, 7) is 0. The first kappa shape index (κ1) is 6.29. The van der Waals surface area contributed by atoms with Gasteiger partial charge in [0.25, 0.3) is 0 Å². The Kier molecular flexibility index (Phi) is 1.53. The predicted octanol–water partition coefficient (Wildman–Crippen LogP) is 1.58. The minimum absolute atomic E-state index is 0.0777. The van der Waals surface area contributed by atoms with Gasteiger partial charge in [-0.25, -0.2) is 4.39 Å². The maximum absolute atomic E-state index is 12.1. The van der Waals surface area contributed by atoms with Gasteiger partial charge in [-0.15, -0.1) is 0 Å². The van der Waals surface area contributed by atoms with Crippen LogP contribution in [-0.4, -0.2) is 10.1 Å². The van der Waals surface area contributed by atoms with Gasteiger partial charge in [-0.05, 0) is 12.1 Å². The normalized spacial score (nSPS) is 9.56. The molecule has 0 aliphatic rings. The molecule has 1 rings (SSSR count). The highest BCUT2D eigenvalue weighted by molar-refractivity contribution is 6.29. The predicted molar refractivity (Wildman–Crippen MR) is 30.9 cm³/mol. The second kappa shape index (κ2) is 2.19. The van der Waals surface area contributed by atoms with Crippen LogP contribution in [0.15, 0.2) is 12.1 Å². The first-order chi connectivity index (χ1) is 4.20. The number of aromatic nitrogens is 1. The van der Waals surface area contributed by atoms with Crippen LogP contribution in [-0.2, 0) is 0 Å². The summed E-state index contributed by atoms with van der Waals surface area (Å²) >= 11 is 5.28. The summed E-state index contributed by atoms with van der Waals surface area (Å²) in [5, 5.41) is 8.61. The molecule has 0 radical (unpaired) electrons. The smallest absolute Gasteiger partial charge is 0.249 e. The lowest BCUT2D eigenvalue weighted by Gasteiger charge is -1.91. The lowest BCUT2D eigenvalue weighted by molar-refractivity contribution is 0.411. The van der Waals surface area contributed by atoms with Crippen LogP contribution in [0.25, 0.3) is 0 Å². The molecule has 1 aromatic rings. The quantitative estimate of drug-likeness (QED) is 0.566. The van der Waals surface area contributed by atoms with E-state index in [9.17, 15) is 4.39 Å². The molecule has 0 aliphatic heterocycles. The molecule has 0 spiro atoms. The highest BCUT2D eigenvalue weighted by Crippen LogP contribution is 2.14. The second-order valence-electron chi connectivity index (χ2n) is 1.44. The molecule has 0 aromatic carbocycles. The highest BCUT2D eigenvalue weighted by Gasteiger charge is 1.99. The van der Waals surface area contributed by atoms with Crippen LogP contribution in [0.5, 0.6) is 5.88 Å². The van der Waals surface area contributed by atoms with Crippen molar-refractivity contribution < 1.29 is 9.50 Å². The molecule has 1 heterocycles. The van der Waals surface area contributed by atoms with Crippen LogP contribution >= 0.6 is 11.6 Å². The minimum Gasteiger partial charge on any atom is -0.491 e. The maximum Gasteiger partial charge on any atom is 0.249 e. The molecule has 0 fully saturated rings. The zero-order chi connectivity index (χ0) is 6.85. The Hall–Kier alpha value is -0.830. The summed E-state index contributed by atoms with van der Waals surface area (Å²) in [6, 6.07) is 2.31. The molecule has 4 heteroatoms. The van der Waals surface area contributed by atoms with Gasteiger partial charge in [0.2, 0.25) is 5.88 Å². The Balaban J connectivity index is 3.17. The maximum atomic E-state index is 12.1. The standard InChI is InChI=1S/C5H3ClFNO/c6-4-2-1-3(7)5(9)8-4/h1-2H,(H,8,9). The van der Waals surface area contributed by atoms with Crippen molar-refractivity contribution >= 4 is 11.6 Å². The van der Waals surface area contributed by atoms with Gasteiger partial charge in [0.05, 0.1) is 0 Å². The third-order valence-corrected chi connectivity index (χ3v) is 1.00. The number of hydrogen-bond donors (Lipinski definition) is 1. The van der Waals surface area contributed by atoms with Crippen LogP contribution in [0.1, 0.15) is 0 Å². The van der Waals surface area contributed by atoms with Crippen molar-refractivity contribution in [1.29, 1.82) is 0 Å². The molecule has 1 aromatic heterocycles. The molecule has 0 atom stereocenters. The van der Waals surface area contributed by atoms with Crippen LogP contribution in [0.2, 0.25) is 5.15 Å². The molecule has 0 unspecified atom stereocenters. The van der Waals surface area contributed by atoms with Crippen molar-refractivity contribution in [3.8, 4) is 5.88 Å². The van der Waals surface area contributed by atoms with Gasteiger partial charge >= 0.3 is 0 Å².